The summed E-state index contributed by atoms with van der Waals surface area (Å²) in [5, 5.41) is 3.46. The van der Waals surface area contributed by atoms with E-state index in [1.54, 1.807) is 0 Å². The summed E-state index contributed by atoms with van der Waals surface area (Å²) >= 11 is 0. The molecule has 0 saturated heterocycles. The maximum atomic E-state index is 4.70. The van der Waals surface area contributed by atoms with Crippen molar-refractivity contribution in [2.45, 2.75) is 46.2 Å². The number of imidazole rings is 1. The number of para-hydroxylation sites is 2. The smallest absolute Gasteiger partial charge is 0.109 e. The summed E-state index contributed by atoms with van der Waals surface area (Å²) in [6.07, 6.45) is 2.13. The zero-order valence-corrected chi connectivity index (χ0v) is 11.6. The van der Waals surface area contributed by atoms with Gasteiger partial charge in [-0.1, -0.05) is 26.0 Å². The van der Waals surface area contributed by atoms with E-state index in [1.165, 1.54) is 11.3 Å². The third-order valence-electron chi connectivity index (χ3n) is 3.39. The highest BCUT2D eigenvalue weighted by Crippen LogP contribution is 2.17. The zero-order valence-electron chi connectivity index (χ0n) is 11.6. The van der Waals surface area contributed by atoms with Gasteiger partial charge in [0.05, 0.1) is 11.0 Å². The number of hydrogen-bond donors (Lipinski definition) is 1. The van der Waals surface area contributed by atoms with Crippen LogP contribution >= 0.6 is 0 Å². The first-order valence-electron chi connectivity index (χ1n) is 6.93. The van der Waals surface area contributed by atoms with E-state index in [1.807, 2.05) is 0 Å². The van der Waals surface area contributed by atoms with E-state index in [0.717, 1.165) is 31.4 Å². The molecule has 0 fully saturated rings. The average molecular weight is 245 g/mol. The number of aryl methyl sites for hydroxylation is 2. The molecule has 0 aliphatic carbocycles. The molecule has 0 amide bonds. The largest absolute Gasteiger partial charge is 0.328 e. The van der Waals surface area contributed by atoms with Crippen LogP contribution in [-0.2, 0) is 13.0 Å². The standard InChI is InChI=1S/C15H23N3/c1-4-15-17-13-8-6-7-9-14(13)18(15)11-10-12(3)16-5-2/h6-9,12,16H,4-5,10-11H2,1-3H3. The molecular weight excluding hydrogens is 222 g/mol. The van der Waals surface area contributed by atoms with E-state index < -0.39 is 0 Å². The van der Waals surface area contributed by atoms with Gasteiger partial charge in [-0.25, -0.2) is 4.98 Å². The molecule has 3 nitrogen and oxygen atoms in total. The minimum absolute atomic E-state index is 0.556. The predicted molar refractivity (Wildman–Crippen MR) is 76.9 cm³/mol. The van der Waals surface area contributed by atoms with Gasteiger partial charge in [-0.05, 0) is 32.0 Å². The predicted octanol–water partition coefficient (Wildman–Crippen LogP) is 2.99. The van der Waals surface area contributed by atoms with Crippen molar-refractivity contribution < 1.29 is 0 Å². The fourth-order valence-electron chi connectivity index (χ4n) is 2.42. The molecule has 2 aromatic rings. The molecule has 0 bridgehead atoms. The highest BCUT2D eigenvalue weighted by atomic mass is 15.1. The van der Waals surface area contributed by atoms with Crippen LogP contribution < -0.4 is 5.32 Å². The van der Waals surface area contributed by atoms with Crippen LogP contribution in [0.2, 0.25) is 0 Å². The number of benzene rings is 1. The molecule has 0 saturated carbocycles. The summed E-state index contributed by atoms with van der Waals surface area (Å²) in [6, 6.07) is 8.97. The monoisotopic (exact) mass is 245 g/mol. The first-order chi connectivity index (χ1) is 8.76. The average Bonchev–Trinajstić information content (AvgIpc) is 2.74. The molecular formula is C15H23N3. The van der Waals surface area contributed by atoms with E-state index in [2.05, 4.69) is 54.9 Å². The minimum Gasteiger partial charge on any atom is -0.328 e. The number of fused-ring (bicyclic) bond motifs is 1. The summed E-state index contributed by atoms with van der Waals surface area (Å²) in [5.74, 6) is 1.19. The molecule has 1 unspecified atom stereocenters. The Bertz CT molecular complexity index is 501. The lowest BCUT2D eigenvalue weighted by Gasteiger charge is -2.14. The minimum atomic E-state index is 0.556. The lowest BCUT2D eigenvalue weighted by molar-refractivity contribution is 0.486. The van der Waals surface area contributed by atoms with Crippen molar-refractivity contribution in [3.8, 4) is 0 Å². The van der Waals surface area contributed by atoms with Crippen LogP contribution in [0.25, 0.3) is 11.0 Å². The molecule has 1 N–H and O–H groups in total. The number of rotatable bonds is 6. The van der Waals surface area contributed by atoms with E-state index in [4.69, 9.17) is 4.98 Å². The van der Waals surface area contributed by atoms with Crippen molar-refractivity contribution in [3.05, 3.63) is 30.1 Å². The SMILES string of the molecule is CCNC(C)CCn1c(CC)nc2ccccc21. The Labute approximate surface area is 109 Å². The van der Waals surface area contributed by atoms with Crippen LogP contribution in [0.15, 0.2) is 24.3 Å². The highest BCUT2D eigenvalue weighted by molar-refractivity contribution is 5.75. The first kappa shape index (κ1) is 13.1. The van der Waals surface area contributed by atoms with Crippen LogP contribution in [0.5, 0.6) is 0 Å². The Balaban J connectivity index is 2.20. The summed E-state index contributed by atoms with van der Waals surface area (Å²) in [6.45, 7) is 8.64. The topological polar surface area (TPSA) is 29.9 Å². The quantitative estimate of drug-likeness (QED) is 0.848. The molecule has 1 aromatic carbocycles. The Kier molecular flexibility index (Phi) is 4.37. The van der Waals surface area contributed by atoms with E-state index in [-0.39, 0.29) is 0 Å². The van der Waals surface area contributed by atoms with Gasteiger partial charge in [-0.2, -0.15) is 0 Å². The van der Waals surface area contributed by atoms with E-state index in [9.17, 15) is 0 Å². The van der Waals surface area contributed by atoms with Gasteiger partial charge in [0.2, 0.25) is 0 Å². The van der Waals surface area contributed by atoms with Gasteiger partial charge in [0.15, 0.2) is 0 Å². The number of aromatic nitrogens is 2. The second-order valence-corrected chi connectivity index (χ2v) is 4.77. The maximum Gasteiger partial charge on any atom is 0.109 e. The molecule has 1 heterocycles. The van der Waals surface area contributed by atoms with Gasteiger partial charge in [0.1, 0.15) is 5.82 Å². The van der Waals surface area contributed by atoms with Crippen molar-refractivity contribution in [2.24, 2.45) is 0 Å². The van der Waals surface area contributed by atoms with E-state index in [0.29, 0.717) is 6.04 Å². The molecule has 0 aliphatic heterocycles. The van der Waals surface area contributed by atoms with Crippen molar-refractivity contribution in [1.29, 1.82) is 0 Å². The van der Waals surface area contributed by atoms with Crippen LogP contribution in [0.4, 0.5) is 0 Å². The summed E-state index contributed by atoms with van der Waals surface area (Å²) in [7, 11) is 0. The Morgan fingerprint density at radius 2 is 2.06 bits per heavy atom. The van der Waals surface area contributed by atoms with Gasteiger partial charge < -0.3 is 9.88 Å². The zero-order chi connectivity index (χ0) is 13.0. The molecule has 2 rings (SSSR count). The highest BCUT2D eigenvalue weighted by Gasteiger charge is 2.09. The number of nitrogens with one attached hydrogen (secondary N) is 1. The molecule has 18 heavy (non-hydrogen) atoms. The van der Waals surface area contributed by atoms with Gasteiger partial charge in [0, 0.05) is 19.0 Å². The molecule has 3 heteroatoms. The maximum absolute atomic E-state index is 4.70. The molecule has 0 radical (unpaired) electrons. The lowest BCUT2D eigenvalue weighted by Crippen LogP contribution is -2.27. The van der Waals surface area contributed by atoms with Gasteiger partial charge in [-0.15, -0.1) is 0 Å². The van der Waals surface area contributed by atoms with Crippen molar-refractivity contribution in [3.63, 3.8) is 0 Å². The molecule has 0 aliphatic rings. The summed E-state index contributed by atoms with van der Waals surface area (Å²) < 4.78 is 2.36. The second kappa shape index (κ2) is 6.01. The molecule has 0 spiro atoms. The van der Waals surface area contributed by atoms with Gasteiger partial charge in [-0.3, -0.25) is 0 Å². The van der Waals surface area contributed by atoms with Crippen molar-refractivity contribution >= 4 is 11.0 Å². The third kappa shape index (κ3) is 2.72. The number of hydrogen-bond acceptors (Lipinski definition) is 2. The summed E-state index contributed by atoms with van der Waals surface area (Å²) in [4.78, 5) is 4.70. The van der Waals surface area contributed by atoms with Crippen LogP contribution in [0, 0.1) is 0 Å². The Morgan fingerprint density at radius 3 is 2.78 bits per heavy atom. The molecule has 98 valence electrons. The Hall–Kier alpha value is -1.35. The van der Waals surface area contributed by atoms with E-state index >= 15 is 0 Å². The van der Waals surface area contributed by atoms with Crippen LogP contribution in [-0.4, -0.2) is 22.1 Å². The van der Waals surface area contributed by atoms with Gasteiger partial charge in [0.25, 0.3) is 0 Å². The van der Waals surface area contributed by atoms with Crippen LogP contribution in [0.3, 0.4) is 0 Å². The van der Waals surface area contributed by atoms with Gasteiger partial charge >= 0.3 is 0 Å². The molecule has 1 atom stereocenters. The van der Waals surface area contributed by atoms with Crippen LogP contribution in [0.1, 0.15) is 33.0 Å². The second-order valence-electron chi connectivity index (χ2n) is 4.77. The lowest BCUT2D eigenvalue weighted by atomic mass is 10.2. The fraction of sp³-hybridized carbons (Fsp3) is 0.533. The number of nitrogens with zero attached hydrogens (tertiary/aromatic N) is 2. The molecule has 1 aromatic heterocycles. The Morgan fingerprint density at radius 1 is 1.28 bits per heavy atom. The first-order valence-corrected chi connectivity index (χ1v) is 6.93. The third-order valence-corrected chi connectivity index (χ3v) is 3.39. The fourth-order valence-corrected chi connectivity index (χ4v) is 2.42. The van der Waals surface area contributed by atoms with Crippen molar-refractivity contribution in [2.75, 3.05) is 6.54 Å². The normalized spacial score (nSPS) is 13.1. The van der Waals surface area contributed by atoms with Crippen molar-refractivity contribution in [1.82, 2.24) is 14.9 Å². The summed E-state index contributed by atoms with van der Waals surface area (Å²) in [5.41, 5.74) is 2.38.